The highest BCUT2D eigenvalue weighted by molar-refractivity contribution is 6.68. The van der Waals surface area contributed by atoms with Crippen molar-refractivity contribution in [2.24, 2.45) is 33.5 Å². The van der Waals surface area contributed by atoms with Gasteiger partial charge in [0.1, 0.15) is 54.9 Å². The smallest absolute Gasteiger partial charge is 0.455 e. The van der Waals surface area contributed by atoms with E-state index in [1.165, 1.54) is 52.0 Å². The number of benzene rings is 2. The number of Topliss-reactive ketones (excluding diaryl/α,β-unsaturated/α-hetero) is 2. The Morgan fingerprint density at radius 1 is 0.525 bits per heavy atom. The first-order chi connectivity index (χ1) is 46.5. The molecule has 2 saturated heterocycles. The van der Waals surface area contributed by atoms with Crippen molar-refractivity contribution in [2.75, 3.05) is 26.4 Å². The van der Waals surface area contributed by atoms with Gasteiger partial charge in [-0.15, -0.1) is 0 Å². The van der Waals surface area contributed by atoms with Crippen molar-refractivity contribution >= 4 is 140 Å². The molecule has 4 saturated carbocycles. The quantitative estimate of drug-likeness (QED) is 0.0462. The average Bonchev–Trinajstić information content (AvgIpc) is 0.675. The molecule has 2 aliphatic heterocycles. The van der Waals surface area contributed by atoms with Crippen molar-refractivity contribution in [1.82, 2.24) is 0 Å². The molecule has 18 atom stereocenters. The lowest BCUT2D eigenvalue weighted by Crippen LogP contribution is -2.82. The Labute approximate surface area is 615 Å². The van der Waals surface area contributed by atoms with Crippen LogP contribution in [0.4, 0.5) is 9.59 Å². The number of ether oxygens (including phenoxy) is 11. The van der Waals surface area contributed by atoms with Crippen LogP contribution in [-0.4, -0.2) is 202 Å². The van der Waals surface area contributed by atoms with Crippen LogP contribution in [0.1, 0.15) is 129 Å². The third-order valence-electron chi connectivity index (χ3n) is 21.3. The van der Waals surface area contributed by atoms with E-state index in [-0.39, 0.29) is 66.9 Å². The molecule has 2 aromatic rings. The lowest BCUT2D eigenvalue weighted by molar-refractivity contribution is -0.346. The van der Waals surface area contributed by atoms with Gasteiger partial charge in [-0.1, -0.05) is 134 Å². The second-order valence-electron chi connectivity index (χ2n) is 27.9. The minimum atomic E-state index is -2.25. The lowest BCUT2D eigenvalue weighted by Gasteiger charge is -2.67. The van der Waals surface area contributed by atoms with E-state index in [0.717, 1.165) is 20.8 Å². The monoisotopic (exact) mass is 1560 g/mol. The lowest BCUT2D eigenvalue weighted by atomic mass is 9.44. The normalized spacial score (nSPS) is 35.6. The number of aliphatic hydroxyl groups excluding tert-OH is 3. The number of ketones is 2. The SMILES string of the molecule is CC(=O)OC1C(=O)[C@]2(C)C(O)CC3OC[C@@]3(OC(C)=O)C2C(OC(=O)c2ccccc2)C2(O)CC(O)C(C)=C1C2(C)C.CC(=O)OC1C(=O)[C@]2(C)C(OC(=O)OCC(Cl)(Cl)Cl)CC3OC[C@@]3(OC(C)=O)C2C(OC(=O)c2ccccc2)C2(O)CC(O)C(C)=C1C2(C)C.O=C(Cl)OCC(Cl)(Cl)Cl. The van der Waals surface area contributed by atoms with Crippen LogP contribution in [0.15, 0.2) is 83.0 Å². The Morgan fingerprint density at radius 2 is 0.891 bits per heavy atom. The first-order valence-corrected chi connectivity index (χ1v) is 34.5. The summed E-state index contributed by atoms with van der Waals surface area (Å²) in [6.45, 7) is 15.4. The van der Waals surface area contributed by atoms with Gasteiger partial charge in [0, 0.05) is 75.8 Å². The Kier molecular flexibility index (Phi) is 23.7. The predicted octanol–water partition coefficient (Wildman–Crippen LogP) is 8.57. The highest BCUT2D eigenvalue weighted by Crippen LogP contribution is 2.67. The van der Waals surface area contributed by atoms with E-state index < -0.39 is 197 Å². The summed E-state index contributed by atoms with van der Waals surface area (Å²) in [4.78, 5) is 131. The number of hydrogen-bond acceptors (Lipinski definition) is 26. The molecule has 10 rings (SSSR count). The van der Waals surface area contributed by atoms with E-state index in [0.29, 0.717) is 5.57 Å². The van der Waals surface area contributed by atoms with Gasteiger partial charge in [0.05, 0.1) is 65.3 Å². The number of carbonyl (C=O) groups excluding carboxylic acids is 10. The average molecular weight is 1560 g/mol. The molecule has 5 N–H and O–H groups in total. The van der Waals surface area contributed by atoms with Crippen LogP contribution >= 0.6 is 81.2 Å². The maximum Gasteiger partial charge on any atom is 0.508 e. The summed E-state index contributed by atoms with van der Waals surface area (Å²) in [6, 6.07) is 15.9. The van der Waals surface area contributed by atoms with Crippen LogP contribution in [0.3, 0.4) is 0 Å². The minimum Gasteiger partial charge on any atom is -0.455 e. The van der Waals surface area contributed by atoms with Crippen LogP contribution < -0.4 is 0 Å². The zero-order valence-corrected chi connectivity index (χ0v) is 62.1. The number of alkyl halides is 6. The second-order valence-corrected chi connectivity index (χ2v) is 33.3. The first-order valence-electron chi connectivity index (χ1n) is 31.8. The van der Waals surface area contributed by atoms with E-state index >= 15 is 4.79 Å². The number of rotatable bonds is 11. The highest BCUT2D eigenvalue weighted by atomic mass is 35.6. The molecule has 0 aromatic heterocycles. The molecule has 2 aromatic carbocycles. The molecule has 6 fully saturated rings. The second kappa shape index (κ2) is 29.5. The van der Waals surface area contributed by atoms with Gasteiger partial charge in [-0.05, 0) is 74.3 Å². The topological polar surface area (TPSA) is 373 Å². The highest BCUT2D eigenvalue weighted by Gasteiger charge is 2.81. The summed E-state index contributed by atoms with van der Waals surface area (Å²) < 4.78 is 58.7. The Bertz CT molecular complexity index is 3670. The summed E-state index contributed by atoms with van der Waals surface area (Å²) in [5.41, 5.74) is -14.6. The maximum absolute atomic E-state index is 15.4. The molecule has 4 bridgehead atoms. The zero-order valence-electron chi connectivity index (χ0n) is 56.8. The van der Waals surface area contributed by atoms with Gasteiger partial charge in [0.2, 0.25) is 7.59 Å². The van der Waals surface area contributed by atoms with Crippen molar-refractivity contribution in [1.29, 1.82) is 0 Å². The largest absolute Gasteiger partial charge is 0.508 e. The fraction of sp³-hybridized carbons (Fsp3) is 0.618. The summed E-state index contributed by atoms with van der Waals surface area (Å²) in [7, 11) is 0. The van der Waals surface area contributed by atoms with Crippen molar-refractivity contribution in [3.8, 4) is 0 Å². The fourth-order valence-corrected chi connectivity index (χ4v) is 16.8. The third-order valence-corrected chi connectivity index (χ3v) is 22.1. The first kappa shape index (κ1) is 81.2. The van der Waals surface area contributed by atoms with Crippen molar-refractivity contribution < 1.29 is 126 Å². The third kappa shape index (κ3) is 15.0. The van der Waals surface area contributed by atoms with E-state index in [1.807, 2.05) is 0 Å². The molecule has 2 heterocycles. The Balaban J connectivity index is 0.000000231. The zero-order chi connectivity index (χ0) is 75.7. The van der Waals surface area contributed by atoms with E-state index in [9.17, 15) is 68.7 Å². The maximum atomic E-state index is 15.4. The minimum absolute atomic E-state index is 0.0606. The van der Waals surface area contributed by atoms with Crippen molar-refractivity contribution in [3.05, 3.63) is 94.1 Å². The number of hydrogen-bond donors (Lipinski definition) is 5. The van der Waals surface area contributed by atoms with Crippen LogP contribution in [0.25, 0.3) is 0 Å². The van der Waals surface area contributed by atoms with Crippen LogP contribution in [0.5, 0.6) is 0 Å². The van der Waals surface area contributed by atoms with Gasteiger partial charge in [-0.3, -0.25) is 28.8 Å². The van der Waals surface area contributed by atoms with Gasteiger partial charge >= 0.3 is 47.4 Å². The molecule has 0 radical (unpaired) electrons. The summed E-state index contributed by atoms with van der Waals surface area (Å²) in [6.07, 6.45) is -16.8. The number of aliphatic hydroxyl groups is 5. The van der Waals surface area contributed by atoms with E-state index in [4.69, 9.17) is 129 Å². The van der Waals surface area contributed by atoms with E-state index in [2.05, 4.69) is 4.74 Å². The fourth-order valence-electron chi connectivity index (χ4n) is 16.4. The molecule has 8 aliphatic rings. The van der Waals surface area contributed by atoms with Crippen LogP contribution in [-0.2, 0) is 80.9 Å². The van der Waals surface area contributed by atoms with Gasteiger partial charge in [0.15, 0.2) is 35.0 Å². The van der Waals surface area contributed by atoms with Gasteiger partial charge < -0.3 is 77.6 Å². The van der Waals surface area contributed by atoms with Crippen molar-refractivity contribution in [3.63, 3.8) is 0 Å². The molecule has 14 unspecified atom stereocenters. The Morgan fingerprint density at radius 3 is 1.23 bits per heavy atom. The van der Waals surface area contributed by atoms with Crippen LogP contribution in [0, 0.1) is 33.5 Å². The summed E-state index contributed by atoms with van der Waals surface area (Å²) >= 11 is 37.6. The molecule has 101 heavy (non-hydrogen) atoms. The molecule has 0 amide bonds. The van der Waals surface area contributed by atoms with Crippen molar-refractivity contribution in [2.45, 2.75) is 200 Å². The molecule has 0 spiro atoms. The number of carbonyl (C=O) groups is 10. The van der Waals surface area contributed by atoms with Gasteiger partial charge in [-0.2, -0.15) is 0 Å². The summed E-state index contributed by atoms with van der Waals surface area (Å²) in [5, 5.41) is 60.4. The molecular weight excluding hydrogens is 1480 g/mol. The summed E-state index contributed by atoms with van der Waals surface area (Å²) in [5.74, 6) is -9.38. The number of halogens is 7. The molecular formula is C68H79Cl7O26. The predicted molar refractivity (Wildman–Crippen MR) is 357 cm³/mol. The number of esters is 6. The molecule has 6 aliphatic carbocycles. The molecule has 26 nitrogen and oxygen atoms in total. The van der Waals surface area contributed by atoms with E-state index in [1.54, 1.807) is 71.0 Å². The van der Waals surface area contributed by atoms with Crippen LogP contribution in [0.2, 0.25) is 0 Å². The molecule has 556 valence electrons. The van der Waals surface area contributed by atoms with Gasteiger partial charge in [-0.25, -0.2) is 19.2 Å². The Hall–Kier alpha value is -5.43. The number of fused-ring (bicyclic) bond motifs is 10. The standard InChI is InChI=1S/C34H39Cl3O13.C31H38O11.C3H2Cl4O2/c1-16-20(40)13-33(44)27(49-28(42)19-10-8-7-9-11-19)25-31(6,26(41)24(47-17(2)38)23(16)30(33,4)5)21(48-29(43)46-15-34(35,36)37)12-22-32(25,14-45-22)50-18(3)39;1-15-19(34)13-31(38)26(41-27(37)18-10-8-7-9-11-18)24-29(6,20(35)12-21-30(24,14-39-21)42-17(3)33)25(36)23(40-16(2)32)22(15)28(31,4)5;4-2(8)9-1-3(5,6)7/h7-11,20-22,24-25,27,40,44H,12-15H2,1-6H3;7-11,19-21,23-24,26,34-35,38H,12-14H2,1-6H3;1H2/t20?,21?,22?,24?,25?,27?,31-,32+,33?;19?,20?,21?,23?,24?,26?,29-,30+,31?;/m11./s1. The molecule has 33 heteroatoms. The van der Waals surface area contributed by atoms with Gasteiger partial charge in [0.25, 0.3) is 0 Å².